The van der Waals surface area contributed by atoms with Crippen LogP contribution in [0.2, 0.25) is 0 Å². The number of nitriles is 1. The lowest BCUT2D eigenvalue weighted by Gasteiger charge is -2.13. The molecule has 5 aromatic rings. The highest BCUT2D eigenvalue weighted by Crippen LogP contribution is 2.43. The van der Waals surface area contributed by atoms with E-state index < -0.39 is 0 Å². The number of thiophene rings is 1. The zero-order chi connectivity index (χ0) is 22.5. The van der Waals surface area contributed by atoms with Crippen LogP contribution in [0.1, 0.15) is 16.0 Å². The first-order valence-electron chi connectivity index (χ1n) is 10.7. The summed E-state index contributed by atoms with van der Waals surface area (Å²) < 4.78 is 2.18. The van der Waals surface area contributed by atoms with Gasteiger partial charge in [0.15, 0.2) is 5.82 Å². The molecule has 0 radical (unpaired) electrons. The Labute approximate surface area is 197 Å². The summed E-state index contributed by atoms with van der Waals surface area (Å²) in [6.07, 6.45) is 1.85. The molecule has 0 N–H and O–H groups in total. The lowest BCUT2D eigenvalue weighted by atomic mass is 9.98. The summed E-state index contributed by atoms with van der Waals surface area (Å²) in [7, 11) is 0. The van der Waals surface area contributed by atoms with Gasteiger partial charge in [-0.05, 0) is 28.1 Å². The lowest BCUT2D eigenvalue weighted by Crippen LogP contribution is -2.02. The Balaban J connectivity index is 1.82. The first kappa shape index (κ1) is 20.7. The molecule has 0 aliphatic rings. The molecule has 0 aliphatic carbocycles. The van der Waals surface area contributed by atoms with Gasteiger partial charge < -0.3 is 4.57 Å². The van der Waals surface area contributed by atoms with Gasteiger partial charge in [-0.3, -0.25) is 0 Å². The predicted molar refractivity (Wildman–Crippen MR) is 137 cm³/mol. The Morgan fingerprint density at radius 1 is 0.788 bits per heavy atom. The molecule has 0 unspecified atom stereocenters. The molecule has 0 bridgehead atoms. The van der Waals surface area contributed by atoms with Crippen LogP contribution in [0.4, 0.5) is 5.82 Å². The maximum atomic E-state index is 10.3. The summed E-state index contributed by atoms with van der Waals surface area (Å²) in [5, 5.41) is 12.4. The summed E-state index contributed by atoms with van der Waals surface area (Å²) in [4.78, 5) is 5.92. The van der Waals surface area contributed by atoms with E-state index in [1.54, 1.807) is 11.3 Å². The molecule has 5 rings (SSSR count). The fourth-order valence-electron chi connectivity index (χ4n) is 4.04. The molecule has 0 amide bonds. The number of hydrogen-bond acceptors (Lipinski definition) is 3. The molecule has 0 fully saturated rings. The second-order valence-electron chi connectivity index (χ2n) is 7.61. The summed E-state index contributed by atoms with van der Waals surface area (Å²) in [5.74, 6) is 0.674. The van der Waals surface area contributed by atoms with Crippen LogP contribution in [-0.2, 0) is 6.54 Å². The smallest absolute Gasteiger partial charge is 0.152 e. The van der Waals surface area contributed by atoms with Crippen molar-refractivity contribution in [3.05, 3.63) is 125 Å². The van der Waals surface area contributed by atoms with Gasteiger partial charge in [-0.25, -0.2) is 4.99 Å². The molecule has 0 atom stereocenters. The molecule has 2 aromatic heterocycles. The van der Waals surface area contributed by atoms with Crippen molar-refractivity contribution < 1.29 is 0 Å². The Morgan fingerprint density at radius 2 is 1.42 bits per heavy atom. The highest BCUT2D eigenvalue weighted by molar-refractivity contribution is 7.11. The van der Waals surface area contributed by atoms with E-state index >= 15 is 0 Å². The van der Waals surface area contributed by atoms with Crippen LogP contribution in [0.3, 0.4) is 0 Å². The second-order valence-corrected chi connectivity index (χ2v) is 8.59. The van der Waals surface area contributed by atoms with Gasteiger partial charge in [-0.1, -0.05) is 97.1 Å². The molecule has 3 nitrogen and oxygen atoms in total. The summed E-state index contributed by atoms with van der Waals surface area (Å²) in [6, 6.07) is 37.2. The van der Waals surface area contributed by atoms with Gasteiger partial charge in [0.25, 0.3) is 0 Å². The summed E-state index contributed by atoms with van der Waals surface area (Å²) in [6.45, 7) is 0.615. The number of aliphatic imine (C=N–C) groups is 1. The normalized spacial score (nSPS) is 11.0. The van der Waals surface area contributed by atoms with E-state index in [9.17, 15) is 5.26 Å². The third kappa shape index (κ3) is 4.27. The second kappa shape index (κ2) is 9.52. The van der Waals surface area contributed by atoms with Crippen molar-refractivity contribution in [3.8, 4) is 28.5 Å². The first-order chi connectivity index (χ1) is 16.3. The molecule has 3 aromatic carbocycles. The molecule has 0 spiro atoms. The zero-order valence-electron chi connectivity index (χ0n) is 17.9. The topological polar surface area (TPSA) is 41.1 Å². The van der Waals surface area contributed by atoms with Gasteiger partial charge in [0, 0.05) is 23.2 Å². The largest absolute Gasteiger partial charge is 0.320 e. The van der Waals surface area contributed by atoms with Crippen LogP contribution in [0.15, 0.2) is 114 Å². The van der Waals surface area contributed by atoms with Crippen LogP contribution in [0.25, 0.3) is 22.4 Å². The monoisotopic (exact) mass is 443 g/mol. The standard InChI is InChI=1S/C29H21N3S/c30-19-26-27(23-13-6-2-7-14-23)28(24-15-8-3-9-16-24)32(21-22-11-4-1-5-12-22)29(26)31-20-25-17-10-18-33-25/h1-18,20H,21H2/b31-20+. The minimum atomic E-state index is 0.587. The minimum absolute atomic E-state index is 0.587. The van der Waals surface area contributed by atoms with Crippen molar-refractivity contribution >= 4 is 23.4 Å². The molecule has 2 heterocycles. The van der Waals surface area contributed by atoms with Gasteiger partial charge in [0.1, 0.15) is 11.6 Å². The van der Waals surface area contributed by atoms with Crippen molar-refractivity contribution in [2.24, 2.45) is 4.99 Å². The number of nitrogens with zero attached hydrogens (tertiary/aromatic N) is 3. The quantitative estimate of drug-likeness (QED) is 0.250. The maximum absolute atomic E-state index is 10.3. The summed E-state index contributed by atoms with van der Waals surface area (Å²) in [5.41, 5.74) is 5.72. The fourth-order valence-corrected chi connectivity index (χ4v) is 4.62. The molecular weight excluding hydrogens is 422 g/mol. The van der Waals surface area contributed by atoms with Gasteiger partial charge in [-0.2, -0.15) is 5.26 Å². The predicted octanol–water partition coefficient (Wildman–Crippen LogP) is 7.55. The third-order valence-corrected chi connectivity index (χ3v) is 6.31. The average molecular weight is 444 g/mol. The SMILES string of the molecule is N#Cc1c(-c2ccccc2)c(-c2ccccc2)n(Cc2ccccc2)c1/N=C/c1cccs1. The van der Waals surface area contributed by atoms with E-state index in [0.717, 1.165) is 32.8 Å². The van der Waals surface area contributed by atoms with Crippen LogP contribution in [0, 0.1) is 11.3 Å². The highest BCUT2D eigenvalue weighted by atomic mass is 32.1. The summed E-state index contributed by atoms with van der Waals surface area (Å²) >= 11 is 1.63. The zero-order valence-corrected chi connectivity index (χ0v) is 18.7. The van der Waals surface area contributed by atoms with Crippen LogP contribution in [0.5, 0.6) is 0 Å². The van der Waals surface area contributed by atoms with Crippen LogP contribution >= 0.6 is 11.3 Å². The van der Waals surface area contributed by atoms with Crippen molar-refractivity contribution in [1.82, 2.24) is 4.57 Å². The maximum Gasteiger partial charge on any atom is 0.152 e. The van der Waals surface area contributed by atoms with Gasteiger partial charge in [0.2, 0.25) is 0 Å². The number of hydrogen-bond donors (Lipinski definition) is 0. The molecule has 0 saturated heterocycles. The van der Waals surface area contributed by atoms with Gasteiger partial charge >= 0.3 is 0 Å². The van der Waals surface area contributed by atoms with Crippen molar-refractivity contribution in [2.45, 2.75) is 6.54 Å². The van der Waals surface area contributed by atoms with Crippen molar-refractivity contribution in [1.29, 1.82) is 5.26 Å². The molecular formula is C29H21N3S. The Kier molecular flexibility index (Phi) is 5.97. The van der Waals surface area contributed by atoms with E-state index in [2.05, 4.69) is 47.0 Å². The van der Waals surface area contributed by atoms with Crippen LogP contribution in [-0.4, -0.2) is 10.8 Å². The van der Waals surface area contributed by atoms with Crippen LogP contribution < -0.4 is 0 Å². The highest BCUT2D eigenvalue weighted by Gasteiger charge is 2.25. The van der Waals surface area contributed by atoms with E-state index in [-0.39, 0.29) is 0 Å². The molecule has 0 saturated carbocycles. The Morgan fingerprint density at radius 3 is 2.03 bits per heavy atom. The first-order valence-corrected chi connectivity index (χ1v) is 11.6. The van der Waals surface area contributed by atoms with Crippen molar-refractivity contribution in [3.63, 3.8) is 0 Å². The Bertz CT molecular complexity index is 1410. The molecule has 33 heavy (non-hydrogen) atoms. The fraction of sp³-hybridized carbons (Fsp3) is 0.0345. The molecule has 158 valence electrons. The van der Waals surface area contributed by atoms with Gasteiger partial charge in [-0.15, -0.1) is 11.3 Å². The Hall–Kier alpha value is -4.20. The number of rotatable bonds is 6. The van der Waals surface area contributed by atoms with E-state index in [4.69, 9.17) is 4.99 Å². The van der Waals surface area contributed by atoms with E-state index in [1.165, 1.54) is 0 Å². The average Bonchev–Trinajstić information content (AvgIpc) is 3.50. The van der Waals surface area contributed by atoms with E-state index in [0.29, 0.717) is 17.9 Å². The third-order valence-electron chi connectivity index (χ3n) is 5.50. The minimum Gasteiger partial charge on any atom is -0.320 e. The number of aromatic nitrogens is 1. The van der Waals surface area contributed by atoms with Crippen molar-refractivity contribution in [2.75, 3.05) is 0 Å². The molecule has 4 heteroatoms. The molecule has 0 aliphatic heterocycles. The number of benzene rings is 3. The van der Waals surface area contributed by atoms with Gasteiger partial charge in [0.05, 0.1) is 5.69 Å². The lowest BCUT2D eigenvalue weighted by molar-refractivity contribution is 0.816. The van der Waals surface area contributed by atoms with E-state index in [1.807, 2.05) is 78.3 Å².